The Hall–Kier alpha value is -2.66. The molecule has 3 aromatic rings. The molecule has 0 saturated carbocycles. The number of hydrogen-bond acceptors (Lipinski definition) is 3. The summed E-state index contributed by atoms with van der Waals surface area (Å²) in [6.45, 7) is 2.75. The smallest absolute Gasteiger partial charge is 0.227 e. The number of aromatic amines is 1. The number of aliphatic hydroxyl groups is 1. The van der Waals surface area contributed by atoms with Gasteiger partial charge in [-0.05, 0) is 35.7 Å². The number of carbonyl (C=O) groups excluding carboxylic acids is 1. The number of carbonyl (C=O) groups is 1. The largest absolute Gasteiger partial charge is 0.395 e. The number of nitrogens with zero attached hydrogens (tertiary/aromatic N) is 2. The van der Waals surface area contributed by atoms with E-state index in [4.69, 9.17) is 0 Å². The highest BCUT2D eigenvalue weighted by atomic mass is 16.3. The van der Waals surface area contributed by atoms with E-state index in [1.54, 1.807) is 17.3 Å². The number of fused-ring (bicyclic) bond motifs is 1. The van der Waals surface area contributed by atoms with Crippen LogP contribution >= 0.6 is 0 Å². The van der Waals surface area contributed by atoms with Gasteiger partial charge in [-0.15, -0.1) is 0 Å². The highest BCUT2D eigenvalue weighted by Crippen LogP contribution is 2.20. The summed E-state index contributed by atoms with van der Waals surface area (Å²) >= 11 is 0. The molecule has 2 aromatic heterocycles. The van der Waals surface area contributed by atoms with Crippen LogP contribution < -0.4 is 0 Å². The van der Waals surface area contributed by atoms with Gasteiger partial charge in [0.15, 0.2) is 0 Å². The lowest BCUT2D eigenvalue weighted by Crippen LogP contribution is -2.34. The lowest BCUT2D eigenvalue weighted by Gasteiger charge is -2.21. The fourth-order valence-corrected chi connectivity index (χ4v) is 2.85. The molecular weight excluding hydrogens is 302 g/mol. The summed E-state index contributed by atoms with van der Waals surface area (Å²) in [6, 6.07) is 9.94. The molecule has 0 aliphatic rings. The van der Waals surface area contributed by atoms with Gasteiger partial charge < -0.3 is 15.0 Å². The first-order valence-corrected chi connectivity index (χ1v) is 8.01. The Labute approximate surface area is 141 Å². The van der Waals surface area contributed by atoms with E-state index < -0.39 is 0 Å². The van der Waals surface area contributed by atoms with Crippen LogP contribution in [-0.2, 0) is 17.8 Å². The zero-order valence-electron chi connectivity index (χ0n) is 13.7. The predicted octanol–water partition coefficient (Wildman–Crippen LogP) is 2.43. The molecule has 5 heteroatoms. The Balaban J connectivity index is 1.77. The van der Waals surface area contributed by atoms with Crippen LogP contribution in [0.1, 0.15) is 16.7 Å². The van der Waals surface area contributed by atoms with E-state index in [-0.39, 0.29) is 12.5 Å². The third-order valence-electron chi connectivity index (χ3n) is 4.08. The first kappa shape index (κ1) is 16.2. The van der Waals surface area contributed by atoms with Gasteiger partial charge in [-0.25, -0.2) is 0 Å². The Morgan fingerprint density at radius 3 is 2.96 bits per heavy atom. The van der Waals surface area contributed by atoms with Gasteiger partial charge in [0.2, 0.25) is 5.91 Å². The van der Waals surface area contributed by atoms with Crippen molar-refractivity contribution in [1.82, 2.24) is 14.9 Å². The minimum absolute atomic E-state index is 0.00521. The number of pyridine rings is 1. The van der Waals surface area contributed by atoms with Gasteiger partial charge in [0.1, 0.15) is 0 Å². The molecule has 0 unspecified atom stereocenters. The topological polar surface area (TPSA) is 69.2 Å². The summed E-state index contributed by atoms with van der Waals surface area (Å²) in [6.07, 6.45) is 5.65. The molecule has 124 valence electrons. The van der Waals surface area contributed by atoms with Crippen molar-refractivity contribution in [2.45, 2.75) is 19.9 Å². The SMILES string of the molecule is Cc1ccc2c(CC(=O)N(CCO)Cc3cccnc3)c[nH]c2c1. The van der Waals surface area contributed by atoms with Gasteiger partial charge in [0.05, 0.1) is 13.0 Å². The van der Waals surface area contributed by atoms with Crippen molar-refractivity contribution in [1.29, 1.82) is 0 Å². The summed E-state index contributed by atoms with van der Waals surface area (Å²) in [5, 5.41) is 10.3. The van der Waals surface area contributed by atoms with Crippen molar-refractivity contribution in [3.8, 4) is 0 Å². The van der Waals surface area contributed by atoms with Gasteiger partial charge in [-0.2, -0.15) is 0 Å². The maximum atomic E-state index is 12.7. The van der Waals surface area contributed by atoms with E-state index in [0.717, 1.165) is 22.0 Å². The molecule has 1 aromatic carbocycles. The number of rotatable bonds is 6. The van der Waals surface area contributed by atoms with Gasteiger partial charge in [-0.3, -0.25) is 9.78 Å². The number of benzene rings is 1. The monoisotopic (exact) mass is 323 g/mol. The maximum Gasteiger partial charge on any atom is 0.227 e. The van der Waals surface area contributed by atoms with Crippen LogP contribution in [0.4, 0.5) is 0 Å². The minimum Gasteiger partial charge on any atom is -0.395 e. The fourth-order valence-electron chi connectivity index (χ4n) is 2.85. The molecule has 0 aliphatic carbocycles. The van der Waals surface area contributed by atoms with Crippen LogP contribution in [0.15, 0.2) is 48.9 Å². The van der Waals surface area contributed by atoms with Crippen LogP contribution in [0.25, 0.3) is 10.9 Å². The summed E-state index contributed by atoms with van der Waals surface area (Å²) in [4.78, 5) is 21.7. The second-order valence-electron chi connectivity index (χ2n) is 5.94. The Morgan fingerprint density at radius 1 is 1.33 bits per heavy atom. The number of hydrogen-bond donors (Lipinski definition) is 2. The standard InChI is InChI=1S/C19H21N3O2/c1-14-4-5-17-16(12-21-18(17)9-14)10-19(24)22(7-8-23)13-15-3-2-6-20-11-15/h2-6,9,11-12,21,23H,7-8,10,13H2,1H3. The number of aryl methyl sites for hydroxylation is 1. The molecule has 0 radical (unpaired) electrons. The lowest BCUT2D eigenvalue weighted by atomic mass is 10.1. The number of amides is 1. The second-order valence-corrected chi connectivity index (χ2v) is 5.94. The quantitative estimate of drug-likeness (QED) is 0.732. The average Bonchev–Trinajstić information content (AvgIpc) is 2.97. The van der Waals surface area contributed by atoms with Crippen LogP contribution in [-0.4, -0.2) is 39.0 Å². The number of H-pyrrole nitrogens is 1. The lowest BCUT2D eigenvalue weighted by molar-refractivity contribution is -0.131. The van der Waals surface area contributed by atoms with E-state index in [2.05, 4.69) is 16.0 Å². The summed E-state index contributed by atoms with van der Waals surface area (Å²) in [5.41, 5.74) is 4.15. The molecule has 24 heavy (non-hydrogen) atoms. The molecule has 0 atom stereocenters. The second kappa shape index (κ2) is 7.27. The molecule has 0 aliphatic heterocycles. The van der Waals surface area contributed by atoms with Crippen molar-refractivity contribution in [3.63, 3.8) is 0 Å². The third kappa shape index (κ3) is 3.63. The summed E-state index contributed by atoms with van der Waals surface area (Å²) in [7, 11) is 0. The van der Waals surface area contributed by atoms with Crippen LogP contribution in [0.3, 0.4) is 0 Å². The first-order chi connectivity index (χ1) is 11.7. The molecule has 1 amide bonds. The molecule has 0 spiro atoms. The van der Waals surface area contributed by atoms with E-state index >= 15 is 0 Å². The number of nitrogens with one attached hydrogen (secondary N) is 1. The number of aromatic nitrogens is 2. The molecule has 2 N–H and O–H groups in total. The van der Waals surface area contributed by atoms with E-state index in [1.807, 2.05) is 37.4 Å². The highest BCUT2D eigenvalue weighted by Gasteiger charge is 2.16. The zero-order valence-corrected chi connectivity index (χ0v) is 13.7. The Bertz CT molecular complexity index is 827. The van der Waals surface area contributed by atoms with Gasteiger partial charge in [0, 0.05) is 42.6 Å². The average molecular weight is 323 g/mol. The van der Waals surface area contributed by atoms with Gasteiger partial charge in [-0.1, -0.05) is 18.2 Å². The van der Waals surface area contributed by atoms with E-state index in [9.17, 15) is 9.90 Å². The Kier molecular flexibility index (Phi) is 4.91. The fraction of sp³-hybridized carbons (Fsp3) is 0.263. The molecular formula is C19H21N3O2. The van der Waals surface area contributed by atoms with Crippen molar-refractivity contribution in [3.05, 3.63) is 65.6 Å². The van der Waals surface area contributed by atoms with Crippen LogP contribution in [0, 0.1) is 6.92 Å². The van der Waals surface area contributed by atoms with Crippen molar-refractivity contribution < 1.29 is 9.90 Å². The molecule has 0 fully saturated rings. The van der Waals surface area contributed by atoms with Crippen molar-refractivity contribution in [2.24, 2.45) is 0 Å². The Morgan fingerprint density at radius 2 is 2.21 bits per heavy atom. The van der Waals surface area contributed by atoms with Crippen LogP contribution in [0.2, 0.25) is 0 Å². The molecule has 5 nitrogen and oxygen atoms in total. The predicted molar refractivity (Wildman–Crippen MR) is 93.5 cm³/mol. The van der Waals surface area contributed by atoms with E-state index in [0.29, 0.717) is 19.5 Å². The molecule has 3 rings (SSSR count). The van der Waals surface area contributed by atoms with Crippen molar-refractivity contribution >= 4 is 16.8 Å². The summed E-state index contributed by atoms with van der Waals surface area (Å²) in [5.74, 6) is -0.00521. The van der Waals surface area contributed by atoms with Crippen molar-refractivity contribution in [2.75, 3.05) is 13.2 Å². The van der Waals surface area contributed by atoms with E-state index in [1.165, 1.54) is 5.56 Å². The summed E-state index contributed by atoms with van der Waals surface area (Å²) < 4.78 is 0. The normalized spacial score (nSPS) is 10.9. The zero-order chi connectivity index (χ0) is 16.9. The van der Waals surface area contributed by atoms with Gasteiger partial charge >= 0.3 is 0 Å². The highest BCUT2D eigenvalue weighted by molar-refractivity contribution is 5.89. The first-order valence-electron chi connectivity index (χ1n) is 8.01. The molecule has 0 bridgehead atoms. The minimum atomic E-state index is -0.0565. The molecule has 0 saturated heterocycles. The number of aliphatic hydroxyl groups excluding tert-OH is 1. The third-order valence-corrected chi connectivity index (χ3v) is 4.08. The molecule has 2 heterocycles. The van der Waals surface area contributed by atoms with Gasteiger partial charge in [0.25, 0.3) is 0 Å². The maximum absolute atomic E-state index is 12.7. The van der Waals surface area contributed by atoms with Crippen LogP contribution in [0.5, 0.6) is 0 Å².